The molecule has 0 unspecified atom stereocenters. The number of fused-ring (bicyclic) bond motifs is 1. The van der Waals surface area contributed by atoms with Gasteiger partial charge in [-0.2, -0.15) is 0 Å². The number of hydrogen-bond acceptors (Lipinski definition) is 2. The molecule has 3 nitrogen and oxygen atoms in total. The lowest BCUT2D eigenvalue weighted by atomic mass is 9.91. The van der Waals surface area contributed by atoms with E-state index in [1.54, 1.807) is 6.07 Å². The first-order valence-electron chi connectivity index (χ1n) is 10.6. The molecule has 0 bridgehead atoms. The molecule has 1 saturated heterocycles. The maximum atomic E-state index is 13.9. The average molecular weight is 398 g/mol. The minimum Gasteiger partial charge on any atom is -0.312 e. The number of piperidine rings is 1. The Labute approximate surface area is 171 Å². The Balaban J connectivity index is 1.23. The van der Waals surface area contributed by atoms with Gasteiger partial charge in [-0.05, 0) is 68.8 Å². The number of para-hydroxylation sites is 1. The summed E-state index contributed by atoms with van der Waals surface area (Å²) in [6.45, 7) is 3.20. The van der Waals surface area contributed by atoms with Gasteiger partial charge in [0.05, 0.1) is 0 Å². The van der Waals surface area contributed by atoms with Crippen LogP contribution in [0.15, 0.2) is 42.5 Å². The predicted molar refractivity (Wildman–Crippen MR) is 111 cm³/mol. The molecule has 2 aliphatic rings. The highest BCUT2D eigenvalue weighted by molar-refractivity contribution is 5.96. The van der Waals surface area contributed by atoms with Crippen LogP contribution in [-0.2, 0) is 17.8 Å². The van der Waals surface area contributed by atoms with E-state index in [2.05, 4.69) is 17.0 Å². The van der Waals surface area contributed by atoms with E-state index in [9.17, 15) is 13.6 Å². The van der Waals surface area contributed by atoms with Gasteiger partial charge in [0, 0.05) is 36.8 Å². The number of nitrogens with zero attached hydrogens (tertiary/aromatic N) is 2. The fourth-order valence-corrected chi connectivity index (χ4v) is 4.60. The van der Waals surface area contributed by atoms with Crippen molar-refractivity contribution in [2.24, 2.45) is 5.92 Å². The summed E-state index contributed by atoms with van der Waals surface area (Å²) < 4.78 is 26.9. The molecule has 1 amide bonds. The minimum absolute atomic E-state index is 0.236. The molecule has 29 heavy (non-hydrogen) atoms. The second kappa shape index (κ2) is 9.04. The zero-order valence-corrected chi connectivity index (χ0v) is 16.7. The smallest absolute Gasteiger partial charge is 0.227 e. The number of carbonyl (C=O) groups is 1. The third kappa shape index (κ3) is 4.84. The zero-order valence-electron chi connectivity index (χ0n) is 16.7. The molecule has 2 aromatic rings. The third-order valence-electron chi connectivity index (χ3n) is 6.30. The number of carbonyl (C=O) groups excluding carboxylic acids is 1. The molecule has 1 fully saturated rings. The lowest BCUT2D eigenvalue weighted by Gasteiger charge is -2.33. The van der Waals surface area contributed by atoms with Crippen LogP contribution >= 0.6 is 0 Å². The van der Waals surface area contributed by atoms with Gasteiger partial charge in [-0.15, -0.1) is 0 Å². The zero-order chi connectivity index (χ0) is 20.2. The first-order valence-corrected chi connectivity index (χ1v) is 10.6. The third-order valence-corrected chi connectivity index (χ3v) is 6.30. The molecule has 4 rings (SSSR count). The summed E-state index contributed by atoms with van der Waals surface area (Å²) >= 11 is 0. The number of amides is 1. The first-order chi connectivity index (χ1) is 14.1. The van der Waals surface area contributed by atoms with Crippen molar-refractivity contribution in [3.8, 4) is 0 Å². The van der Waals surface area contributed by atoms with E-state index in [0.29, 0.717) is 24.4 Å². The quantitative estimate of drug-likeness (QED) is 0.688. The molecule has 5 heteroatoms. The van der Waals surface area contributed by atoms with Crippen molar-refractivity contribution in [2.75, 3.05) is 24.5 Å². The second-order valence-corrected chi connectivity index (χ2v) is 8.27. The molecular weight excluding hydrogens is 370 g/mol. The van der Waals surface area contributed by atoms with Crippen LogP contribution in [0.3, 0.4) is 0 Å². The molecule has 2 heterocycles. The number of benzene rings is 2. The highest BCUT2D eigenvalue weighted by Crippen LogP contribution is 2.29. The lowest BCUT2D eigenvalue weighted by molar-refractivity contribution is -0.118. The van der Waals surface area contributed by atoms with Crippen molar-refractivity contribution < 1.29 is 13.6 Å². The van der Waals surface area contributed by atoms with Crippen LogP contribution in [0.5, 0.6) is 0 Å². The van der Waals surface area contributed by atoms with E-state index in [4.69, 9.17) is 0 Å². The number of anilines is 1. The van der Waals surface area contributed by atoms with Crippen LogP contribution in [0.2, 0.25) is 0 Å². The molecule has 0 spiro atoms. The summed E-state index contributed by atoms with van der Waals surface area (Å²) in [6.07, 6.45) is 5.76. The van der Waals surface area contributed by atoms with E-state index in [0.717, 1.165) is 63.5 Å². The van der Waals surface area contributed by atoms with Gasteiger partial charge in [0.25, 0.3) is 0 Å². The summed E-state index contributed by atoms with van der Waals surface area (Å²) in [4.78, 5) is 16.6. The number of halogens is 2. The van der Waals surface area contributed by atoms with Gasteiger partial charge in [0.15, 0.2) is 0 Å². The van der Waals surface area contributed by atoms with Crippen LogP contribution < -0.4 is 4.90 Å². The molecule has 0 aliphatic carbocycles. The largest absolute Gasteiger partial charge is 0.312 e. The van der Waals surface area contributed by atoms with Crippen LogP contribution in [0.4, 0.5) is 14.5 Å². The Hall–Kier alpha value is -2.27. The van der Waals surface area contributed by atoms with Crippen molar-refractivity contribution in [3.63, 3.8) is 0 Å². The fourth-order valence-electron chi connectivity index (χ4n) is 4.60. The van der Waals surface area contributed by atoms with E-state index >= 15 is 0 Å². The summed E-state index contributed by atoms with van der Waals surface area (Å²) in [7, 11) is 0. The highest BCUT2D eigenvalue weighted by atomic mass is 19.1. The maximum Gasteiger partial charge on any atom is 0.227 e. The molecule has 154 valence electrons. The Kier molecular flexibility index (Phi) is 6.24. The Morgan fingerprint density at radius 3 is 2.59 bits per heavy atom. The number of rotatable bonds is 6. The van der Waals surface area contributed by atoms with Crippen molar-refractivity contribution in [3.05, 3.63) is 65.2 Å². The SMILES string of the molecule is O=C1CCc2ccccc2N1CCCC1CCN(Cc2ccc(F)cc2F)CC1. The molecule has 0 N–H and O–H groups in total. The van der Waals surface area contributed by atoms with E-state index < -0.39 is 11.6 Å². The number of likely N-dealkylation sites (tertiary alicyclic amines) is 1. The highest BCUT2D eigenvalue weighted by Gasteiger charge is 2.24. The van der Waals surface area contributed by atoms with Crippen molar-refractivity contribution in [1.29, 1.82) is 0 Å². The maximum absolute atomic E-state index is 13.9. The van der Waals surface area contributed by atoms with Crippen molar-refractivity contribution in [1.82, 2.24) is 4.90 Å². The average Bonchev–Trinajstić information content (AvgIpc) is 2.73. The molecule has 0 radical (unpaired) electrons. The van der Waals surface area contributed by atoms with Gasteiger partial charge in [0.1, 0.15) is 11.6 Å². The van der Waals surface area contributed by atoms with Gasteiger partial charge in [-0.3, -0.25) is 9.69 Å². The van der Waals surface area contributed by atoms with E-state index in [1.807, 2.05) is 17.0 Å². The van der Waals surface area contributed by atoms with Gasteiger partial charge < -0.3 is 4.90 Å². The van der Waals surface area contributed by atoms with E-state index in [1.165, 1.54) is 11.6 Å². The number of hydrogen-bond donors (Lipinski definition) is 0. The number of aryl methyl sites for hydroxylation is 1. The summed E-state index contributed by atoms with van der Waals surface area (Å²) in [5.41, 5.74) is 2.92. The van der Waals surface area contributed by atoms with Gasteiger partial charge >= 0.3 is 0 Å². The van der Waals surface area contributed by atoms with Crippen molar-refractivity contribution >= 4 is 11.6 Å². The molecule has 0 atom stereocenters. The fraction of sp³-hybridized carbons (Fsp3) is 0.458. The van der Waals surface area contributed by atoms with Crippen LogP contribution in [-0.4, -0.2) is 30.4 Å². The van der Waals surface area contributed by atoms with Crippen molar-refractivity contribution in [2.45, 2.75) is 45.1 Å². The molecule has 0 aromatic heterocycles. The second-order valence-electron chi connectivity index (χ2n) is 8.27. The first kappa shape index (κ1) is 20.0. The summed E-state index contributed by atoms with van der Waals surface area (Å²) in [6, 6.07) is 12.0. The normalized spacial score (nSPS) is 18.1. The predicted octanol–water partition coefficient (Wildman–Crippen LogP) is 4.94. The molecule has 2 aromatic carbocycles. The minimum atomic E-state index is -0.528. The standard InChI is InChI=1S/C24H28F2N2O/c25-21-9-7-20(22(26)16-21)17-27-14-11-18(12-15-27)4-3-13-28-23-6-2-1-5-19(23)8-10-24(28)29/h1-2,5-7,9,16,18H,3-4,8,10-15,17H2. The monoisotopic (exact) mass is 398 g/mol. The van der Waals surface area contributed by atoms with Crippen LogP contribution in [0.1, 0.15) is 43.2 Å². The summed E-state index contributed by atoms with van der Waals surface area (Å²) in [5.74, 6) is -0.0994. The lowest BCUT2D eigenvalue weighted by Crippen LogP contribution is -2.36. The Bertz CT molecular complexity index is 862. The van der Waals surface area contributed by atoms with Crippen LogP contribution in [0.25, 0.3) is 0 Å². The molecular formula is C24H28F2N2O. The Morgan fingerprint density at radius 1 is 1.00 bits per heavy atom. The summed E-state index contributed by atoms with van der Waals surface area (Å²) in [5, 5.41) is 0. The van der Waals surface area contributed by atoms with Gasteiger partial charge in [-0.1, -0.05) is 24.3 Å². The molecule has 0 saturated carbocycles. The Morgan fingerprint density at radius 2 is 1.79 bits per heavy atom. The van der Waals surface area contributed by atoms with Gasteiger partial charge in [0.2, 0.25) is 5.91 Å². The van der Waals surface area contributed by atoms with Gasteiger partial charge in [-0.25, -0.2) is 8.78 Å². The topological polar surface area (TPSA) is 23.6 Å². The van der Waals surface area contributed by atoms with E-state index in [-0.39, 0.29) is 5.91 Å². The van der Waals surface area contributed by atoms with Crippen LogP contribution in [0, 0.1) is 17.6 Å². The molecule has 2 aliphatic heterocycles.